The molecule has 1 heterocycles. The molecule has 7 heteroatoms. The minimum atomic E-state index is -0.364. The maximum atomic E-state index is 12.1. The molecule has 0 aliphatic heterocycles. The molecule has 0 saturated carbocycles. The van der Waals surface area contributed by atoms with E-state index in [1.807, 2.05) is 6.92 Å². The smallest absolute Gasteiger partial charge is 0.275 e. The molecule has 20 heavy (non-hydrogen) atoms. The van der Waals surface area contributed by atoms with Crippen molar-refractivity contribution in [2.75, 3.05) is 17.2 Å². The van der Waals surface area contributed by atoms with Gasteiger partial charge in [-0.15, -0.1) is 0 Å². The summed E-state index contributed by atoms with van der Waals surface area (Å²) in [6, 6.07) is 5.22. The molecule has 104 valence electrons. The number of nitrogens with zero attached hydrogens (tertiary/aromatic N) is 2. The number of hydrogen-bond donors (Lipinski definition) is 2. The van der Waals surface area contributed by atoms with Crippen molar-refractivity contribution in [3.63, 3.8) is 0 Å². The highest BCUT2D eigenvalue weighted by Gasteiger charge is 2.11. The van der Waals surface area contributed by atoms with Gasteiger partial charge in [-0.05, 0) is 25.1 Å². The van der Waals surface area contributed by atoms with Crippen LogP contribution < -0.4 is 10.6 Å². The van der Waals surface area contributed by atoms with Crippen molar-refractivity contribution in [2.24, 2.45) is 0 Å². The van der Waals surface area contributed by atoms with Crippen molar-refractivity contribution in [1.82, 2.24) is 9.97 Å². The van der Waals surface area contributed by atoms with Gasteiger partial charge in [-0.1, -0.05) is 27.5 Å². The van der Waals surface area contributed by atoms with E-state index in [0.29, 0.717) is 23.1 Å². The average Bonchev–Trinajstić information content (AvgIpc) is 2.43. The molecule has 0 bridgehead atoms. The average molecular weight is 356 g/mol. The number of amides is 1. The van der Waals surface area contributed by atoms with Gasteiger partial charge in [0.2, 0.25) is 0 Å². The maximum Gasteiger partial charge on any atom is 0.275 e. The van der Waals surface area contributed by atoms with Crippen LogP contribution >= 0.6 is 27.5 Å². The monoisotopic (exact) mass is 354 g/mol. The van der Waals surface area contributed by atoms with Gasteiger partial charge in [-0.2, -0.15) is 0 Å². The summed E-state index contributed by atoms with van der Waals surface area (Å²) in [5.74, 6) is 0.192. The van der Waals surface area contributed by atoms with Crippen LogP contribution in [0.4, 0.5) is 11.5 Å². The summed E-state index contributed by atoms with van der Waals surface area (Å²) in [7, 11) is 0. The van der Waals surface area contributed by atoms with E-state index in [2.05, 4.69) is 36.5 Å². The fraction of sp³-hybridized carbons (Fsp3) is 0.154. The lowest BCUT2D eigenvalue weighted by molar-refractivity contribution is 0.102. The van der Waals surface area contributed by atoms with Crippen LogP contribution in [0.2, 0.25) is 5.02 Å². The fourth-order valence-corrected chi connectivity index (χ4v) is 2.05. The molecule has 1 amide bonds. The number of halogens is 2. The lowest BCUT2D eigenvalue weighted by atomic mass is 10.3. The van der Waals surface area contributed by atoms with E-state index in [1.165, 1.54) is 6.20 Å². The first-order valence-corrected chi connectivity index (χ1v) is 7.09. The van der Waals surface area contributed by atoms with Crippen molar-refractivity contribution in [3.05, 3.63) is 45.8 Å². The number of aromatic nitrogens is 2. The number of rotatable bonds is 4. The summed E-state index contributed by atoms with van der Waals surface area (Å²) in [6.07, 6.45) is 2.97. The molecule has 0 spiro atoms. The second kappa shape index (κ2) is 6.67. The maximum absolute atomic E-state index is 12.1. The minimum absolute atomic E-state index is 0.222. The van der Waals surface area contributed by atoms with Crippen molar-refractivity contribution in [3.8, 4) is 0 Å². The van der Waals surface area contributed by atoms with Gasteiger partial charge in [0.25, 0.3) is 5.91 Å². The number of benzene rings is 1. The van der Waals surface area contributed by atoms with Gasteiger partial charge >= 0.3 is 0 Å². The topological polar surface area (TPSA) is 66.9 Å². The Morgan fingerprint density at radius 2 is 2.20 bits per heavy atom. The molecule has 5 nitrogen and oxygen atoms in total. The number of hydrogen-bond acceptors (Lipinski definition) is 4. The largest absolute Gasteiger partial charge is 0.369 e. The van der Waals surface area contributed by atoms with Crippen LogP contribution in [0.5, 0.6) is 0 Å². The molecule has 2 aromatic rings. The standard InChI is InChI=1S/C13H12BrClN4O/c1-2-17-12-7-16-6-11(18-12)13(20)19-10-5-8(14)3-4-9(10)15/h3-7H,2H2,1H3,(H,17,18)(H,19,20). The molecule has 2 N–H and O–H groups in total. The molecule has 1 aromatic heterocycles. The predicted molar refractivity (Wildman–Crippen MR) is 83.3 cm³/mol. The molecule has 1 aromatic carbocycles. The second-order valence-electron chi connectivity index (χ2n) is 3.90. The Morgan fingerprint density at radius 1 is 1.40 bits per heavy atom. The zero-order valence-corrected chi connectivity index (χ0v) is 13.0. The SMILES string of the molecule is CCNc1cncc(C(=O)Nc2cc(Br)ccc2Cl)n1. The quantitative estimate of drug-likeness (QED) is 0.880. The Labute approximate surface area is 129 Å². The van der Waals surface area contributed by atoms with Crippen LogP contribution in [0.3, 0.4) is 0 Å². The van der Waals surface area contributed by atoms with Crippen LogP contribution in [-0.4, -0.2) is 22.4 Å². The Kier molecular flexibility index (Phi) is 4.92. The van der Waals surface area contributed by atoms with E-state index in [4.69, 9.17) is 11.6 Å². The zero-order chi connectivity index (χ0) is 14.5. The summed E-state index contributed by atoms with van der Waals surface area (Å²) >= 11 is 9.35. The highest BCUT2D eigenvalue weighted by Crippen LogP contribution is 2.26. The molecule has 0 aliphatic carbocycles. The van der Waals surface area contributed by atoms with Gasteiger partial charge in [0, 0.05) is 11.0 Å². The first-order valence-electron chi connectivity index (χ1n) is 5.92. The van der Waals surface area contributed by atoms with E-state index in [0.717, 1.165) is 4.47 Å². The second-order valence-corrected chi connectivity index (χ2v) is 5.22. The van der Waals surface area contributed by atoms with Crippen molar-refractivity contribution >= 4 is 44.9 Å². The van der Waals surface area contributed by atoms with Crippen molar-refractivity contribution < 1.29 is 4.79 Å². The van der Waals surface area contributed by atoms with E-state index < -0.39 is 0 Å². The number of carbonyl (C=O) groups excluding carboxylic acids is 1. The lowest BCUT2D eigenvalue weighted by Crippen LogP contribution is -2.15. The van der Waals surface area contributed by atoms with Crippen LogP contribution in [0, 0.1) is 0 Å². The lowest BCUT2D eigenvalue weighted by Gasteiger charge is -2.08. The zero-order valence-electron chi connectivity index (χ0n) is 10.7. The Bertz CT molecular complexity index is 636. The third kappa shape index (κ3) is 3.68. The van der Waals surface area contributed by atoms with E-state index in [-0.39, 0.29) is 11.6 Å². The van der Waals surface area contributed by atoms with E-state index in [1.54, 1.807) is 24.4 Å². The van der Waals surface area contributed by atoms with Crippen LogP contribution in [0.15, 0.2) is 35.1 Å². The van der Waals surface area contributed by atoms with Crippen LogP contribution in [0.25, 0.3) is 0 Å². The van der Waals surface area contributed by atoms with Crippen LogP contribution in [0.1, 0.15) is 17.4 Å². The summed E-state index contributed by atoms with van der Waals surface area (Å²) in [5, 5.41) is 6.16. The molecule has 0 fully saturated rings. The minimum Gasteiger partial charge on any atom is -0.369 e. The van der Waals surface area contributed by atoms with E-state index in [9.17, 15) is 4.79 Å². The molecule has 0 atom stereocenters. The first-order chi connectivity index (χ1) is 9.60. The van der Waals surface area contributed by atoms with Gasteiger partial charge < -0.3 is 10.6 Å². The highest BCUT2D eigenvalue weighted by molar-refractivity contribution is 9.10. The Balaban J connectivity index is 2.19. The summed E-state index contributed by atoms with van der Waals surface area (Å²) < 4.78 is 0.824. The summed E-state index contributed by atoms with van der Waals surface area (Å²) in [4.78, 5) is 20.3. The summed E-state index contributed by atoms with van der Waals surface area (Å²) in [5.41, 5.74) is 0.737. The van der Waals surface area contributed by atoms with E-state index >= 15 is 0 Å². The van der Waals surface area contributed by atoms with Crippen molar-refractivity contribution in [1.29, 1.82) is 0 Å². The molecule has 0 aliphatic rings. The van der Waals surface area contributed by atoms with Crippen LogP contribution in [-0.2, 0) is 0 Å². The third-order valence-electron chi connectivity index (χ3n) is 2.40. The third-order valence-corrected chi connectivity index (χ3v) is 3.22. The predicted octanol–water partition coefficient (Wildman–Crippen LogP) is 3.58. The fourth-order valence-electron chi connectivity index (χ4n) is 1.52. The number of nitrogens with one attached hydrogen (secondary N) is 2. The normalized spacial score (nSPS) is 10.2. The van der Waals surface area contributed by atoms with Gasteiger partial charge in [-0.3, -0.25) is 9.78 Å². The van der Waals surface area contributed by atoms with Crippen molar-refractivity contribution in [2.45, 2.75) is 6.92 Å². The number of anilines is 2. The molecule has 0 unspecified atom stereocenters. The molecular formula is C13H12BrClN4O. The van der Waals surface area contributed by atoms with Gasteiger partial charge in [0.15, 0.2) is 0 Å². The molecule has 0 saturated heterocycles. The summed E-state index contributed by atoms with van der Waals surface area (Å²) in [6.45, 7) is 2.65. The van der Waals surface area contributed by atoms with Gasteiger partial charge in [0.05, 0.1) is 23.1 Å². The Hall–Kier alpha value is -1.66. The molecular weight excluding hydrogens is 344 g/mol. The van der Waals surface area contributed by atoms with Gasteiger partial charge in [0.1, 0.15) is 11.5 Å². The molecule has 0 radical (unpaired) electrons. The first kappa shape index (κ1) is 14.7. The molecule has 2 rings (SSSR count). The highest BCUT2D eigenvalue weighted by atomic mass is 79.9. The Morgan fingerprint density at radius 3 is 2.95 bits per heavy atom. The number of carbonyl (C=O) groups is 1. The van der Waals surface area contributed by atoms with Gasteiger partial charge in [-0.25, -0.2) is 4.98 Å².